The number of nitrogen functional groups attached to an aromatic ring is 1. The van der Waals surface area contributed by atoms with Crippen molar-refractivity contribution < 1.29 is 17.9 Å². The Hall–Kier alpha value is -1.15. The van der Waals surface area contributed by atoms with Crippen LogP contribution in [0, 0.1) is 13.8 Å². The van der Waals surface area contributed by atoms with Gasteiger partial charge >= 0.3 is 0 Å². The van der Waals surface area contributed by atoms with Crippen molar-refractivity contribution in [3.05, 3.63) is 23.3 Å². The molecule has 0 aliphatic carbocycles. The molecule has 0 heterocycles. The number of aryl methyl sites for hydroxylation is 2. The number of hydrogen-bond donors (Lipinski definition) is 1. The monoisotopic (exact) mass is 316 g/mol. The molecule has 6 nitrogen and oxygen atoms in total. The molecule has 0 aliphatic heterocycles. The minimum atomic E-state index is -3.68. The number of sulfonamides is 1. The van der Waals surface area contributed by atoms with Crippen LogP contribution in [0.4, 0.5) is 5.69 Å². The molecule has 0 atom stereocenters. The van der Waals surface area contributed by atoms with Crippen molar-refractivity contribution in [1.82, 2.24) is 4.31 Å². The molecule has 0 bridgehead atoms. The summed E-state index contributed by atoms with van der Waals surface area (Å²) < 4.78 is 37.1. The van der Waals surface area contributed by atoms with Crippen LogP contribution in [0.2, 0.25) is 0 Å². The first-order valence-electron chi connectivity index (χ1n) is 6.70. The highest BCUT2D eigenvalue weighted by molar-refractivity contribution is 7.89. The highest BCUT2D eigenvalue weighted by atomic mass is 32.2. The Bertz CT molecular complexity index is 565. The quantitative estimate of drug-likeness (QED) is 0.728. The van der Waals surface area contributed by atoms with Gasteiger partial charge in [0.25, 0.3) is 0 Å². The Morgan fingerprint density at radius 1 is 1.05 bits per heavy atom. The van der Waals surface area contributed by atoms with Gasteiger partial charge in [-0.1, -0.05) is 12.1 Å². The average molecular weight is 316 g/mol. The van der Waals surface area contributed by atoms with E-state index in [0.29, 0.717) is 24.5 Å². The molecule has 21 heavy (non-hydrogen) atoms. The standard InChI is InChI=1S/C14H24N2O4S/c1-11-5-6-12(2)14(13(11)15)21(17,18)16(7-9-19-3)8-10-20-4/h5-6H,7-10,15H2,1-4H3. The summed E-state index contributed by atoms with van der Waals surface area (Å²) in [6.07, 6.45) is 0. The average Bonchev–Trinajstić information content (AvgIpc) is 2.43. The van der Waals surface area contributed by atoms with Gasteiger partial charge in [0.05, 0.1) is 18.9 Å². The van der Waals surface area contributed by atoms with Gasteiger partial charge in [-0.2, -0.15) is 4.31 Å². The van der Waals surface area contributed by atoms with Gasteiger partial charge in [-0.05, 0) is 25.0 Å². The molecule has 0 unspecified atom stereocenters. The van der Waals surface area contributed by atoms with Gasteiger partial charge in [0.1, 0.15) is 4.90 Å². The van der Waals surface area contributed by atoms with Crippen LogP contribution in [0.5, 0.6) is 0 Å². The topological polar surface area (TPSA) is 81.9 Å². The number of benzene rings is 1. The van der Waals surface area contributed by atoms with Crippen LogP contribution in [0.25, 0.3) is 0 Å². The lowest BCUT2D eigenvalue weighted by atomic mass is 10.1. The fourth-order valence-corrected chi connectivity index (χ4v) is 3.82. The molecule has 1 rings (SSSR count). The first-order chi connectivity index (χ1) is 9.86. The zero-order valence-corrected chi connectivity index (χ0v) is 13.9. The molecule has 0 radical (unpaired) electrons. The Morgan fingerprint density at radius 2 is 1.52 bits per heavy atom. The van der Waals surface area contributed by atoms with E-state index < -0.39 is 10.0 Å². The first-order valence-corrected chi connectivity index (χ1v) is 8.14. The largest absolute Gasteiger partial charge is 0.397 e. The van der Waals surface area contributed by atoms with Crippen molar-refractivity contribution in [2.24, 2.45) is 0 Å². The summed E-state index contributed by atoms with van der Waals surface area (Å²) in [6, 6.07) is 3.59. The summed E-state index contributed by atoms with van der Waals surface area (Å²) in [5, 5.41) is 0. The Morgan fingerprint density at radius 3 is 2.00 bits per heavy atom. The zero-order valence-electron chi connectivity index (χ0n) is 13.0. The summed E-state index contributed by atoms with van der Waals surface area (Å²) in [5.74, 6) is 0. The maximum absolute atomic E-state index is 12.9. The highest BCUT2D eigenvalue weighted by Gasteiger charge is 2.28. The second-order valence-corrected chi connectivity index (χ2v) is 6.71. The smallest absolute Gasteiger partial charge is 0.245 e. The third kappa shape index (κ3) is 4.16. The molecule has 120 valence electrons. The Balaban J connectivity index is 3.25. The van der Waals surface area contributed by atoms with Crippen LogP contribution in [-0.2, 0) is 19.5 Å². The second kappa shape index (κ2) is 7.74. The van der Waals surface area contributed by atoms with Gasteiger partial charge in [0.2, 0.25) is 10.0 Å². The van der Waals surface area contributed by atoms with Crippen LogP contribution in [0.3, 0.4) is 0 Å². The van der Waals surface area contributed by atoms with Gasteiger partial charge in [-0.25, -0.2) is 8.42 Å². The van der Waals surface area contributed by atoms with Crippen LogP contribution in [0.15, 0.2) is 17.0 Å². The number of hydrogen-bond acceptors (Lipinski definition) is 5. The molecule has 7 heteroatoms. The molecule has 2 N–H and O–H groups in total. The van der Waals surface area contributed by atoms with Crippen LogP contribution < -0.4 is 5.73 Å². The van der Waals surface area contributed by atoms with Crippen LogP contribution >= 0.6 is 0 Å². The van der Waals surface area contributed by atoms with E-state index in [1.165, 1.54) is 18.5 Å². The van der Waals surface area contributed by atoms with Crippen LogP contribution in [-0.4, -0.2) is 53.2 Å². The fourth-order valence-electron chi connectivity index (χ4n) is 2.02. The lowest BCUT2D eigenvalue weighted by molar-refractivity contribution is 0.150. The third-order valence-electron chi connectivity index (χ3n) is 3.30. The van der Waals surface area contributed by atoms with E-state index in [0.717, 1.165) is 5.56 Å². The van der Waals surface area contributed by atoms with Crippen molar-refractivity contribution >= 4 is 15.7 Å². The highest BCUT2D eigenvalue weighted by Crippen LogP contribution is 2.28. The van der Waals surface area contributed by atoms with E-state index in [1.54, 1.807) is 19.9 Å². The van der Waals surface area contributed by atoms with E-state index in [-0.39, 0.29) is 18.0 Å². The zero-order chi connectivity index (χ0) is 16.0. The molecule has 0 fully saturated rings. The second-order valence-electron chi connectivity index (χ2n) is 4.83. The number of ether oxygens (including phenoxy) is 2. The number of rotatable bonds is 8. The predicted molar refractivity (Wildman–Crippen MR) is 82.8 cm³/mol. The van der Waals surface area contributed by atoms with Crippen molar-refractivity contribution in [3.8, 4) is 0 Å². The number of methoxy groups -OCH3 is 2. The van der Waals surface area contributed by atoms with Crippen molar-refractivity contribution in [2.75, 3.05) is 46.3 Å². The minimum Gasteiger partial charge on any atom is -0.397 e. The van der Waals surface area contributed by atoms with Gasteiger partial charge in [-0.15, -0.1) is 0 Å². The molecule has 0 amide bonds. The maximum atomic E-state index is 12.9. The summed E-state index contributed by atoms with van der Waals surface area (Å²) >= 11 is 0. The van der Waals surface area contributed by atoms with E-state index in [9.17, 15) is 8.42 Å². The third-order valence-corrected chi connectivity index (χ3v) is 5.40. The Kier molecular flexibility index (Phi) is 6.60. The molecule has 1 aromatic carbocycles. The van der Waals surface area contributed by atoms with E-state index >= 15 is 0 Å². The molecule has 0 spiro atoms. The maximum Gasteiger partial charge on any atom is 0.245 e. The molecule has 1 aromatic rings. The van der Waals surface area contributed by atoms with Crippen molar-refractivity contribution in [3.63, 3.8) is 0 Å². The van der Waals surface area contributed by atoms with E-state index in [1.807, 2.05) is 6.07 Å². The predicted octanol–water partition coefficient (Wildman–Crippen LogP) is 1.17. The molecule has 0 saturated heterocycles. The molecule has 0 saturated carbocycles. The van der Waals surface area contributed by atoms with Crippen molar-refractivity contribution in [2.45, 2.75) is 18.7 Å². The molecule has 0 aliphatic rings. The molecular formula is C14H24N2O4S. The molecular weight excluding hydrogens is 292 g/mol. The first kappa shape index (κ1) is 17.9. The Labute approximate surface area is 126 Å². The summed E-state index contributed by atoms with van der Waals surface area (Å²) in [6.45, 7) is 4.68. The van der Waals surface area contributed by atoms with E-state index in [4.69, 9.17) is 15.2 Å². The number of anilines is 1. The normalized spacial score (nSPS) is 12.0. The van der Waals surface area contributed by atoms with Gasteiger partial charge < -0.3 is 15.2 Å². The SMILES string of the molecule is COCCN(CCOC)S(=O)(=O)c1c(C)ccc(C)c1N. The summed E-state index contributed by atoms with van der Waals surface area (Å²) in [7, 11) is -0.611. The van der Waals surface area contributed by atoms with Crippen molar-refractivity contribution in [1.29, 1.82) is 0 Å². The van der Waals surface area contributed by atoms with Crippen LogP contribution in [0.1, 0.15) is 11.1 Å². The summed E-state index contributed by atoms with van der Waals surface area (Å²) in [5.41, 5.74) is 7.68. The number of nitrogens with two attached hydrogens (primary N) is 1. The van der Waals surface area contributed by atoms with E-state index in [2.05, 4.69) is 0 Å². The molecule has 0 aromatic heterocycles. The van der Waals surface area contributed by atoms with Gasteiger partial charge in [0.15, 0.2) is 0 Å². The number of nitrogens with zero attached hydrogens (tertiary/aromatic N) is 1. The van der Waals surface area contributed by atoms with Gasteiger partial charge in [0, 0.05) is 27.3 Å². The lowest BCUT2D eigenvalue weighted by Gasteiger charge is -2.24. The fraction of sp³-hybridized carbons (Fsp3) is 0.571. The minimum absolute atomic E-state index is 0.176. The lowest BCUT2D eigenvalue weighted by Crippen LogP contribution is -2.37. The summed E-state index contributed by atoms with van der Waals surface area (Å²) in [4.78, 5) is 0.176. The van der Waals surface area contributed by atoms with Gasteiger partial charge in [-0.3, -0.25) is 0 Å².